The fraction of sp³-hybridized carbons (Fsp3) is 0.118. The lowest BCUT2D eigenvalue weighted by Crippen LogP contribution is -2.06. The Morgan fingerprint density at radius 3 is 2.77 bits per heavy atom. The van der Waals surface area contributed by atoms with E-state index in [0.717, 1.165) is 16.6 Å². The van der Waals surface area contributed by atoms with Gasteiger partial charge in [0.25, 0.3) is 0 Å². The van der Waals surface area contributed by atoms with Gasteiger partial charge in [0.1, 0.15) is 11.3 Å². The summed E-state index contributed by atoms with van der Waals surface area (Å²) in [7, 11) is 1.57. The van der Waals surface area contributed by atoms with Crippen molar-refractivity contribution in [3.8, 4) is 5.75 Å². The molecule has 3 aromatic rings. The molecule has 5 heteroatoms. The molecule has 112 valence electrons. The van der Waals surface area contributed by atoms with E-state index >= 15 is 0 Å². The summed E-state index contributed by atoms with van der Waals surface area (Å²) in [6, 6.07) is 14.4. The minimum Gasteiger partial charge on any atom is -0.497 e. The van der Waals surface area contributed by atoms with Crippen molar-refractivity contribution in [2.75, 3.05) is 12.4 Å². The summed E-state index contributed by atoms with van der Waals surface area (Å²) in [6.07, 6.45) is 0. The summed E-state index contributed by atoms with van der Waals surface area (Å²) in [5, 5.41) is 4.73. The third-order valence-corrected chi connectivity index (χ3v) is 3.71. The fourth-order valence-electron chi connectivity index (χ4n) is 2.28. The molecule has 3 rings (SSSR count). The number of methoxy groups -OCH3 is 1. The monoisotopic (exact) mass is 315 g/mol. The van der Waals surface area contributed by atoms with Crippen molar-refractivity contribution in [2.24, 2.45) is 0 Å². The van der Waals surface area contributed by atoms with E-state index in [1.165, 1.54) is 6.07 Å². The Kier molecular flexibility index (Phi) is 4.02. The highest BCUT2D eigenvalue weighted by Crippen LogP contribution is 2.25. The molecule has 1 aromatic heterocycles. The van der Waals surface area contributed by atoms with Crippen LogP contribution >= 0.6 is 11.6 Å². The van der Waals surface area contributed by atoms with E-state index in [1.54, 1.807) is 13.2 Å². The molecule has 0 spiro atoms. The average molecular weight is 316 g/mol. The van der Waals surface area contributed by atoms with E-state index in [2.05, 4.69) is 5.32 Å². The van der Waals surface area contributed by atoms with E-state index in [1.807, 2.05) is 36.4 Å². The molecule has 0 unspecified atom stereocenters. The summed E-state index contributed by atoms with van der Waals surface area (Å²) in [5.41, 5.74) is 1.77. The van der Waals surface area contributed by atoms with E-state index in [4.69, 9.17) is 20.8 Å². The molecule has 2 aromatic carbocycles. The van der Waals surface area contributed by atoms with E-state index in [-0.39, 0.29) is 0 Å². The maximum Gasteiger partial charge on any atom is 0.336 e. The van der Waals surface area contributed by atoms with Gasteiger partial charge in [-0.15, -0.1) is 0 Å². The zero-order valence-corrected chi connectivity index (χ0v) is 12.7. The lowest BCUT2D eigenvalue weighted by atomic mass is 10.1. The number of anilines is 1. The second-order valence-electron chi connectivity index (χ2n) is 4.79. The molecule has 22 heavy (non-hydrogen) atoms. The number of halogens is 1. The Morgan fingerprint density at radius 2 is 2.00 bits per heavy atom. The second-order valence-corrected chi connectivity index (χ2v) is 5.19. The molecule has 0 amide bonds. The molecular formula is C17H14ClNO3. The van der Waals surface area contributed by atoms with Gasteiger partial charge < -0.3 is 14.5 Å². The van der Waals surface area contributed by atoms with Crippen LogP contribution < -0.4 is 15.7 Å². The van der Waals surface area contributed by atoms with Gasteiger partial charge in [0.15, 0.2) is 0 Å². The highest BCUT2D eigenvalue weighted by Gasteiger charge is 2.07. The second kappa shape index (κ2) is 6.12. The highest BCUT2D eigenvalue weighted by atomic mass is 35.5. The van der Waals surface area contributed by atoms with Crippen LogP contribution in [-0.2, 0) is 6.54 Å². The molecular weight excluding hydrogens is 302 g/mol. The molecule has 1 heterocycles. The third kappa shape index (κ3) is 2.92. The van der Waals surface area contributed by atoms with Crippen molar-refractivity contribution < 1.29 is 9.15 Å². The summed E-state index contributed by atoms with van der Waals surface area (Å²) in [6.45, 7) is 0.470. The summed E-state index contributed by atoms with van der Waals surface area (Å²) >= 11 is 6.12. The maximum atomic E-state index is 11.7. The molecule has 0 bridgehead atoms. The Balaban J connectivity index is 1.96. The normalized spacial score (nSPS) is 10.6. The number of fused-ring (bicyclic) bond motifs is 1. The van der Waals surface area contributed by atoms with Crippen molar-refractivity contribution in [1.29, 1.82) is 0 Å². The van der Waals surface area contributed by atoms with Crippen molar-refractivity contribution in [3.63, 3.8) is 0 Å². The van der Waals surface area contributed by atoms with Crippen LogP contribution in [-0.4, -0.2) is 7.11 Å². The standard InChI is InChI=1S/C17H14ClNO3/c1-21-12-6-7-13-11(8-17(20)22-16(13)9-12)10-19-15-5-3-2-4-14(15)18/h2-9,19H,10H2,1H3. The summed E-state index contributed by atoms with van der Waals surface area (Å²) in [5.74, 6) is 0.645. The first kappa shape index (κ1) is 14.5. The third-order valence-electron chi connectivity index (χ3n) is 3.38. The van der Waals surface area contributed by atoms with Gasteiger partial charge >= 0.3 is 5.63 Å². The number of ether oxygens (including phenoxy) is 1. The van der Waals surface area contributed by atoms with Gasteiger partial charge in [-0.3, -0.25) is 0 Å². The molecule has 0 aliphatic rings. The molecule has 0 atom stereocenters. The summed E-state index contributed by atoms with van der Waals surface area (Å²) < 4.78 is 10.4. The smallest absolute Gasteiger partial charge is 0.336 e. The van der Waals surface area contributed by atoms with Crippen molar-refractivity contribution in [1.82, 2.24) is 0 Å². The SMILES string of the molecule is COc1ccc2c(CNc3ccccc3Cl)cc(=O)oc2c1. The van der Waals surface area contributed by atoms with Crippen molar-refractivity contribution in [3.05, 3.63) is 69.5 Å². The minimum absolute atomic E-state index is 0.392. The predicted octanol–water partition coefficient (Wildman–Crippen LogP) is 4.07. The Morgan fingerprint density at radius 1 is 1.18 bits per heavy atom. The number of benzene rings is 2. The van der Waals surface area contributed by atoms with Gasteiger partial charge in [-0.2, -0.15) is 0 Å². The average Bonchev–Trinajstić information content (AvgIpc) is 2.53. The van der Waals surface area contributed by atoms with E-state index < -0.39 is 5.63 Å². The maximum absolute atomic E-state index is 11.7. The largest absolute Gasteiger partial charge is 0.497 e. The minimum atomic E-state index is -0.392. The first-order chi connectivity index (χ1) is 10.7. The van der Waals surface area contributed by atoms with Crippen LogP contribution in [0.4, 0.5) is 5.69 Å². The Bertz CT molecular complexity index is 873. The Labute approximate surface area is 132 Å². The highest BCUT2D eigenvalue weighted by molar-refractivity contribution is 6.33. The molecule has 0 fully saturated rings. The number of hydrogen-bond donors (Lipinski definition) is 1. The number of nitrogens with one attached hydrogen (secondary N) is 1. The quantitative estimate of drug-likeness (QED) is 0.737. The molecule has 4 nitrogen and oxygen atoms in total. The topological polar surface area (TPSA) is 51.5 Å². The van der Waals surface area contributed by atoms with Crippen LogP contribution in [0.3, 0.4) is 0 Å². The number of rotatable bonds is 4. The lowest BCUT2D eigenvalue weighted by molar-refractivity contribution is 0.414. The van der Waals surface area contributed by atoms with Crippen molar-refractivity contribution >= 4 is 28.3 Å². The van der Waals surface area contributed by atoms with Gasteiger partial charge in [-0.1, -0.05) is 23.7 Å². The van der Waals surface area contributed by atoms with Crippen LogP contribution in [0.25, 0.3) is 11.0 Å². The number of para-hydroxylation sites is 1. The van der Waals surface area contributed by atoms with Gasteiger partial charge in [-0.05, 0) is 29.8 Å². The van der Waals surface area contributed by atoms with Crippen LogP contribution in [0.5, 0.6) is 5.75 Å². The first-order valence-electron chi connectivity index (χ1n) is 6.76. The molecule has 0 saturated heterocycles. The van der Waals surface area contributed by atoms with E-state index in [0.29, 0.717) is 22.9 Å². The molecule has 0 saturated carbocycles. The lowest BCUT2D eigenvalue weighted by Gasteiger charge is -2.10. The predicted molar refractivity (Wildman–Crippen MR) is 87.8 cm³/mol. The van der Waals surface area contributed by atoms with Gasteiger partial charge in [0, 0.05) is 24.1 Å². The molecule has 0 aliphatic heterocycles. The van der Waals surface area contributed by atoms with Crippen molar-refractivity contribution in [2.45, 2.75) is 6.54 Å². The molecule has 1 N–H and O–H groups in total. The van der Waals surface area contributed by atoms with Gasteiger partial charge in [-0.25, -0.2) is 4.79 Å². The fourth-order valence-corrected chi connectivity index (χ4v) is 2.48. The summed E-state index contributed by atoms with van der Waals surface area (Å²) in [4.78, 5) is 11.7. The zero-order chi connectivity index (χ0) is 15.5. The molecule has 0 radical (unpaired) electrons. The van der Waals surface area contributed by atoms with E-state index in [9.17, 15) is 4.79 Å². The number of hydrogen-bond acceptors (Lipinski definition) is 4. The van der Waals surface area contributed by atoms with Crippen LogP contribution in [0, 0.1) is 0 Å². The van der Waals surface area contributed by atoms with Crippen LogP contribution in [0.15, 0.2) is 57.7 Å². The van der Waals surface area contributed by atoms with Gasteiger partial charge in [0.05, 0.1) is 17.8 Å². The van der Waals surface area contributed by atoms with Gasteiger partial charge in [0.2, 0.25) is 0 Å². The van der Waals surface area contributed by atoms with Crippen LogP contribution in [0.2, 0.25) is 5.02 Å². The Hall–Kier alpha value is -2.46. The first-order valence-corrected chi connectivity index (χ1v) is 7.14. The zero-order valence-electron chi connectivity index (χ0n) is 11.9. The van der Waals surface area contributed by atoms with Crippen LogP contribution in [0.1, 0.15) is 5.56 Å². The molecule has 0 aliphatic carbocycles.